The highest BCUT2D eigenvalue weighted by Gasteiger charge is 2.30. The second-order valence-corrected chi connectivity index (χ2v) is 7.04. The van der Waals surface area contributed by atoms with Crippen LogP contribution in [-0.2, 0) is 0 Å². The van der Waals surface area contributed by atoms with Crippen LogP contribution < -0.4 is 0 Å². The number of nitrogens with zero attached hydrogens (tertiary/aromatic N) is 1. The molecule has 5 heteroatoms. The van der Waals surface area contributed by atoms with Crippen molar-refractivity contribution in [1.29, 1.82) is 0 Å². The molecule has 1 aromatic carbocycles. The molecule has 0 saturated heterocycles. The number of alkyl halides is 1. The fourth-order valence-corrected chi connectivity index (χ4v) is 3.82. The third-order valence-corrected chi connectivity index (χ3v) is 5.22. The maximum atomic E-state index is 12.5. The van der Waals surface area contributed by atoms with Crippen LogP contribution in [0.15, 0.2) is 22.7 Å². The van der Waals surface area contributed by atoms with Crippen LogP contribution in [0.1, 0.15) is 36.0 Å². The molecule has 3 nitrogen and oxygen atoms in total. The number of phenolic OH excluding ortho intramolecular Hbond substituents is 1. The SMILES string of the molecule is CN(C(=O)c1ccc(Br)cc1O)C1CCCCC1Br. The Morgan fingerprint density at radius 2 is 2.05 bits per heavy atom. The minimum atomic E-state index is -0.124. The summed E-state index contributed by atoms with van der Waals surface area (Å²) in [5.41, 5.74) is 0.357. The first-order valence-electron chi connectivity index (χ1n) is 6.40. The Hall–Kier alpha value is -0.550. The molecule has 1 aliphatic rings. The van der Waals surface area contributed by atoms with Gasteiger partial charge in [0.2, 0.25) is 0 Å². The van der Waals surface area contributed by atoms with Gasteiger partial charge in [0.1, 0.15) is 5.75 Å². The maximum Gasteiger partial charge on any atom is 0.257 e. The molecule has 1 amide bonds. The van der Waals surface area contributed by atoms with E-state index in [2.05, 4.69) is 31.9 Å². The van der Waals surface area contributed by atoms with Crippen LogP contribution in [0, 0.1) is 0 Å². The van der Waals surface area contributed by atoms with Gasteiger partial charge in [-0.25, -0.2) is 0 Å². The molecule has 2 unspecified atom stereocenters. The predicted octanol–water partition coefficient (Wildman–Crippen LogP) is 3.93. The third kappa shape index (κ3) is 3.31. The Bertz CT molecular complexity index is 479. The van der Waals surface area contributed by atoms with Gasteiger partial charge in [-0.15, -0.1) is 0 Å². The molecule has 0 aromatic heterocycles. The largest absolute Gasteiger partial charge is 0.507 e. The molecule has 2 atom stereocenters. The average molecular weight is 391 g/mol. The smallest absolute Gasteiger partial charge is 0.257 e. The molecule has 1 aliphatic carbocycles. The van der Waals surface area contributed by atoms with Gasteiger partial charge in [-0.1, -0.05) is 44.7 Å². The van der Waals surface area contributed by atoms with E-state index in [9.17, 15) is 9.90 Å². The van der Waals surface area contributed by atoms with E-state index >= 15 is 0 Å². The molecule has 1 saturated carbocycles. The van der Waals surface area contributed by atoms with Gasteiger partial charge in [0.05, 0.1) is 5.56 Å². The lowest BCUT2D eigenvalue weighted by molar-refractivity contribution is 0.0701. The quantitative estimate of drug-likeness (QED) is 0.777. The van der Waals surface area contributed by atoms with Gasteiger partial charge in [0, 0.05) is 22.4 Å². The third-order valence-electron chi connectivity index (χ3n) is 3.66. The van der Waals surface area contributed by atoms with Gasteiger partial charge in [-0.05, 0) is 31.0 Å². The van der Waals surface area contributed by atoms with E-state index in [1.807, 2.05) is 7.05 Å². The number of benzene rings is 1. The molecule has 0 spiro atoms. The molecule has 2 rings (SSSR count). The van der Waals surface area contributed by atoms with Crippen LogP contribution in [0.4, 0.5) is 0 Å². The molecule has 1 N–H and O–H groups in total. The Morgan fingerprint density at radius 3 is 2.68 bits per heavy atom. The van der Waals surface area contributed by atoms with Gasteiger partial charge in [0.15, 0.2) is 0 Å². The normalized spacial score (nSPS) is 23.1. The maximum absolute atomic E-state index is 12.5. The first kappa shape index (κ1) is 14.9. The number of carbonyl (C=O) groups excluding carboxylic acids is 1. The van der Waals surface area contributed by atoms with Crippen molar-refractivity contribution in [2.24, 2.45) is 0 Å². The van der Waals surface area contributed by atoms with E-state index < -0.39 is 0 Å². The zero-order chi connectivity index (χ0) is 14.0. The Labute approximate surface area is 130 Å². The number of aromatic hydroxyl groups is 1. The molecule has 19 heavy (non-hydrogen) atoms. The Kier molecular flexibility index (Phi) is 4.90. The van der Waals surface area contributed by atoms with Crippen molar-refractivity contribution in [3.05, 3.63) is 28.2 Å². The first-order chi connectivity index (χ1) is 9.00. The molecular formula is C14H17Br2NO2. The lowest BCUT2D eigenvalue weighted by Gasteiger charge is -2.35. The first-order valence-corrected chi connectivity index (χ1v) is 8.11. The summed E-state index contributed by atoms with van der Waals surface area (Å²) in [5, 5.41) is 9.89. The van der Waals surface area contributed by atoms with E-state index in [0.29, 0.717) is 10.4 Å². The summed E-state index contributed by atoms with van der Waals surface area (Å²) >= 11 is 6.94. The van der Waals surface area contributed by atoms with Gasteiger partial charge >= 0.3 is 0 Å². The number of hydrogen-bond acceptors (Lipinski definition) is 2. The molecule has 104 valence electrons. The van der Waals surface area contributed by atoms with E-state index in [1.165, 1.54) is 6.42 Å². The molecule has 1 aromatic rings. The standard InChI is InChI=1S/C14H17Br2NO2/c1-17(12-5-3-2-4-11(12)16)14(19)10-7-6-9(15)8-13(10)18/h6-8,11-12,18H,2-5H2,1H3. The van der Waals surface area contributed by atoms with Crippen LogP contribution in [0.25, 0.3) is 0 Å². The summed E-state index contributed by atoms with van der Waals surface area (Å²) in [5.74, 6) is -0.102. The van der Waals surface area contributed by atoms with Crippen LogP contribution in [-0.4, -0.2) is 33.8 Å². The summed E-state index contributed by atoms with van der Waals surface area (Å²) in [6, 6.07) is 5.18. The zero-order valence-electron chi connectivity index (χ0n) is 10.8. The fraction of sp³-hybridized carbons (Fsp3) is 0.500. The van der Waals surface area contributed by atoms with Crippen molar-refractivity contribution in [3.8, 4) is 5.75 Å². The van der Waals surface area contributed by atoms with Crippen LogP contribution in [0.2, 0.25) is 0 Å². The highest BCUT2D eigenvalue weighted by atomic mass is 79.9. The molecule has 0 aliphatic heterocycles. The number of halogens is 2. The van der Waals surface area contributed by atoms with E-state index in [0.717, 1.165) is 23.7 Å². The second-order valence-electron chi connectivity index (χ2n) is 4.95. The Morgan fingerprint density at radius 1 is 1.37 bits per heavy atom. The second kappa shape index (κ2) is 6.27. The Balaban J connectivity index is 2.18. The van der Waals surface area contributed by atoms with Crippen molar-refractivity contribution in [2.45, 2.75) is 36.6 Å². The summed E-state index contributed by atoms with van der Waals surface area (Å²) in [4.78, 5) is 14.5. The highest BCUT2D eigenvalue weighted by Crippen LogP contribution is 2.30. The molecule has 0 radical (unpaired) electrons. The van der Waals surface area contributed by atoms with Crippen LogP contribution in [0.3, 0.4) is 0 Å². The van der Waals surface area contributed by atoms with E-state index in [4.69, 9.17) is 0 Å². The van der Waals surface area contributed by atoms with Crippen molar-refractivity contribution in [3.63, 3.8) is 0 Å². The minimum absolute atomic E-state index is 0.0214. The number of phenols is 1. The van der Waals surface area contributed by atoms with Crippen LogP contribution in [0.5, 0.6) is 5.75 Å². The topological polar surface area (TPSA) is 40.5 Å². The number of rotatable bonds is 2. The van der Waals surface area contributed by atoms with Gasteiger partial charge in [-0.2, -0.15) is 0 Å². The van der Waals surface area contributed by atoms with Gasteiger partial charge < -0.3 is 10.0 Å². The molecule has 1 fully saturated rings. The monoisotopic (exact) mass is 389 g/mol. The average Bonchev–Trinajstić information content (AvgIpc) is 2.38. The van der Waals surface area contributed by atoms with Crippen molar-refractivity contribution < 1.29 is 9.90 Å². The minimum Gasteiger partial charge on any atom is -0.507 e. The lowest BCUT2D eigenvalue weighted by Crippen LogP contribution is -2.44. The number of amides is 1. The molecular weight excluding hydrogens is 374 g/mol. The zero-order valence-corrected chi connectivity index (χ0v) is 13.9. The fourth-order valence-electron chi connectivity index (χ4n) is 2.53. The van der Waals surface area contributed by atoms with E-state index in [1.54, 1.807) is 23.1 Å². The number of hydrogen-bond donors (Lipinski definition) is 1. The van der Waals surface area contributed by atoms with E-state index in [-0.39, 0.29) is 17.7 Å². The predicted molar refractivity (Wildman–Crippen MR) is 82.9 cm³/mol. The number of carbonyl (C=O) groups is 1. The molecule has 0 bridgehead atoms. The van der Waals surface area contributed by atoms with Crippen molar-refractivity contribution >= 4 is 37.8 Å². The molecule has 0 heterocycles. The van der Waals surface area contributed by atoms with Crippen molar-refractivity contribution in [1.82, 2.24) is 4.90 Å². The lowest BCUT2D eigenvalue weighted by atomic mass is 9.94. The summed E-state index contributed by atoms with van der Waals surface area (Å²) in [6.07, 6.45) is 4.46. The van der Waals surface area contributed by atoms with Crippen molar-refractivity contribution in [2.75, 3.05) is 7.05 Å². The highest BCUT2D eigenvalue weighted by molar-refractivity contribution is 9.10. The van der Waals surface area contributed by atoms with Crippen LogP contribution >= 0.6 is 31.9 Å². The van der Waals surface area contributed by atoms with Gasteiger partial charge in [-0.3, -0.25) is 4.79 Å². The summed E-state index contributed by atoms with van der Waals surface area (Å²) in [7, 11) is 1.81. The summed E-state index contributed by atoms with van der Waals surface area (Å²) in [6.45, 7) is 0. The summed E-state index contributed by atoms with van der Waals surface area (Å²) < 4.78 is 0.764. The van der Waals surface area contributed by atoms with Gasteiger partial charge in [0.25, 0.3) is 5.91 Å².